The average Bonchev–Trinajstić information content (AvgIpc) is 2.95. The number of hydrogen-bond donors (Lipinski definition) is 3. The zero-order valence-electron chi connectivity index (χ0n) is 13.9. The van der Waals surface area contributed by atoms with Gasteiger partial charge in [-0.05, 0) is 6.92 Å². The van der Waals surface area contributed by atoms with E-state index in [1.165, 1.54) is 19.2 Å². The summed E-state index contributed by atoms with van der Waals surface area (Å²) in [4.78, 5) is 43.3. The Morgan fingerprint density at radius 3 is 2.88 bits per heavy atom. The molecule has 26 heavy (non-hydrogen) atoms. The number of ether oxygens (including phenoxy) is 3. The summed E-state index contributed by atoms with van der Waals surface area (Å²) >= 11 is 0. The molecule has 2 rings (SSSR count). The fraction of sp³-hybridized carbons (Fsp3) is 0.429. The number of rotatable bonds is 9. The van der Waals surface area contributed by atoms with Crippen LogP contribution in [0.4, 0.5) is 0 Å². The number of phosphoric ester groups is 1. The van der Waals surface area contributed by atoms with E-state index in [9.17, 15) is 14.2 Å². The second-order valence-corrected chi connectivity index (χ2v) is 6.53. The van der Waals surface area contributed by atoms with E-state index in [4.69, 9.17) is 24.0 Å². The van der Waals surface area contributed by atoms with E-state index in [1.54, 1.807) is 0 Å². The van der Waals surface area contributed by atoms with Gasteiger partial charge in [0.2, 0.25) is 0 Å². The maximum atomic E-state index is 12.0. The number of aromatic amines is 1. The van der Waals surface area contributed by atoms with Crippen LogP contribution in [0.15, 0.2) is 40.0 Å². The van der Waals surface area contributed by atoms with Gasteiger partial charge < -0.3 is 24.0 Å². The van der Waals surface area contributed by atoms with Gasteiger partial charge in [-0.15, -0.1) is 6.58 Å². The van der Waals surface area contributed by atoms with Crippen LogP contribution in [0.25, 0.3) is 0 Å². The van der Waals surface area contributed by atoms with Crippen molar-refractivity contribution in [3.63, 3.8) is 0 Å². The van der Waals surface area contributed by atoms with Gasteiger partial charge in [0.25, 0.3) is 5.56 Å². The second kappa shape index (κ2) is 8.47. The molecule has 1 aromatic rings. The fourth-order valence-electron chi connectivity index (χ4n) is 2.14. The highest BCUT2D eigenvalue weighted by Gasteiger charge is 2.31. The number of H-pyrrole nitrogens is 1. The first-order chi connectivity index (χ1) is 12.2. The molecule has 11 nitrogen and oxygen atoms in total. The number of aryl methyl sites for hydroxylation is 1. The van der Waals surface area contributed by atoms with E-state index in [0.717, 1.165) is 4.57 Å². The summed E-state index contributed by atoms with van der Waals surface area (Å²) < 4.78 is 32.5. The summed E-state index contributed by atoms with van der Waals surface area (Å²) in [6, 6.07) is 0. The zero-order valence-corrected chi connectivity index (χ0v) is 14.8. The van der Waals surface area contributed by atoms with Gasteiger partial charge >= 0.3 is 13.5 Å². The molecule has 0 bridgehead atoms. The van der Waals surface area contributed by atoms with Crippen molar-refractivity contribution in [2.24, 2.45) is 0 Å². The minimum Gasteiger partial charge on any atom is -0.468 e. The van der Waals surface area contributed by atoms with Crippen LogP contribution in [0.3, 0.4) is 0 Å². The zero-order chi connectivity index (χ0) is 19.3. The molecule has 1 aliphatic rings. The van der Waals surface area contributed by atoms with Crippen LogP contribution in [0.5, 0.6) is 0 Å². The molecule has 1 aliphatic heterocycles. The highest BCUT2D eigenvalue weighted by atomic mass is 31.2. The van der Waals surface area contributed by atoms with Gasteiger partial charge in [-0.3, -0.25) is 18.9 Å². The molecule has 0 radical (unpaired) electrons. The van der Waals surface area contributed by atoms with Crippen molar-refractivity contribution >= 4 is 7.82 Å². The molecule has 0 amide bonds. The minimum atomic E-state index is -4.73. The van der Waals surface area contributed by atoms with Crippen molar-refractivity contribution in [1.29, 1.82) is 0 Å². The summed E-state index contributed by atoms with van der Waals surface area (Å²) in [5.41, 5.74) is -0.911. The summed E-state index contributed by atoms with van der Waals surface area (Å²) in [6.07, 6.45) is 2.04. The van der Waals surface area contributed by atoms with E-state index in [0.29, 0.717) is 5.56 Å². The standard InChI is InChI=1S/C14H19N2O9P/c1-3-4-22-8-23-10-5-12(25-11(10)7-24-26(19,20)21)16-6-9(2)13(17)15-14(16)18/h3,6,12H,1,4-5,7-8H2,2H3,(H,15,17,18)(H2,19,20,21)/t12-/m1/s1. The molecule has 3 N–H and O–H groups in total. The molecule has 0 fully saturated rings. The topological polar surface area (TPSA) is 149 Å². The highest BCUT2D eigenvalue weighted by Crippen LogP contribution is 2.39. The van der Waals surface area contributed by atoms with Crippen LogP contribution in [0.2, 0.25) is 0 Å². The quantitative estimate of drug-likeness (QED) is 0.234. The van der Waals surface area contributed by atoms with Crippen molar-refractivity contribution in [2.75, 3.05) is 20.0 Å². The third-order valence-electron chi connectivity index (χ3n) is 3.32. The predicted octanol–water partition coefficient (Wildman–Crippen LogP) is 0.262. The molecular formula is C14H19N2O9P. The van der Waals surface area contributed by atoms with Gasteiger partial charge in [0.05, 0.1) is 13.0 Å². The third kappa shape index (κ3) is 5.41. The third-order valence-corrected chi connectivity index (χ3v) is 3.79. The molecule has 144 valence electrons. The van der Waals surface area contributed by atoms with E-state index in [1.807, 2.05) is 0 Å². The molecule has 0 spiro atoms. The van der Waals surface area contributed by atoms with Crippen molar-refractivity contribution in [1.82, 2.24) is 9.55 Å². The lowest BCUT2D eigenvalue weighted by atomic mass is 10.3. The maximum absolute atomic E-state index is 12.0. The Morgan fingerprint density at radius 1 is 1.50 bits per heavy atom. The summed E-state index contributed by atoms with van der Waals surface area (Å²) in [6.45, 7) is 4.53. The number of hydrogen-bond acceptors (Lipinski definition) is 7. The number of phosphoric acid groups is 1. The molecule has 0 aromatic carbocycles. The minimum absolute atomic E-state index is 0.0104. The fourth-order valence-corrected chi connectivity index (χ4v) is 2.43. The lowest BCUT2D eigenvalue weighted by Gasteiger charge is -2.15. The first kappa shape index (κ1) is 20.1. The van der Waals surface area contributed by atoms with Gasteiger partial charge in [-0.25, -0.2) is 9.36 Å². The Kier molecular flexibility index (Phi) is 6.57. The highest BCUT2D eigenvalue weighted by molar-refractivity contribution is 7.46. The Bertz CT molecular complexity index is 851. The average molecular weight is 390 g/mol. The molecule has 0 saturated heterocycles. The van der Waals surface area contributed by atoms with Crippen molar-refractivity contribution < 1.29 is 33.1 Å². The number of nitrogens with zero attached hydrogens (tertiary/aromatic N) is 1. The first-order valence-electron chi connectivity index (χ1n) is 7.43. The largest absolute Gasteiger partial charge is 0.470 e. The molecular weight excluding hydrogens is 371 g/mol. The van der Waals surface area contributed by atoms with E-state index < -0.39 is 31.9 Å². The molecule has 12 heteroatoms. The summed E-state index contributed by atoms with van der Waals surface area (Å²) in [7, 11) is -4.73. The molecule has 0 saturated carbocycles. The first-order valence-corrected chi connectivity index (χ1v) is 8.96. The van der Waals surface area contributed by atoms with Gasteiger partial charge in [0, 0.05) is 11.8 Å². The summed E-state index contributed by atoms with van der Waals surface area (Å²) in [5.74, 6) is 0.222. The lowest BCUT2D eigenvalue weighted by Crippen LogP contribution is -2.33. The predicted molar refractivity (Wildman–Crippen MR) is 87.9 cm³/mol. The molecule has 0 unspecified atom stereocenters. The van der Waals surface area contributed by atoms with Gasteiger partial charge in [0.15, 0.2) is 18.8 Å². The van der Waals surface area contributed by atoms with Crippen molar-refractivity contribution in [2.45, 2.75) is 19.6 Å². The van der Waals surface area contributed by atoms with E-state index in [2.05, 4.69) is 16.1 Å². The molecule has 1 atom stereocenters. The van der Waals surface area contributed by atoms with Crippen LogP contribution in [-0.2, 0) is 23.3 Å². The van der Waals surface area contributed by atoms with Crippen LogP contribution < -0.4 is 11.2 Å². The van der Waals surface area contributed by atoms with Crippen molar-refractivity contribution in [3.8, 4) is 0 Å². The van der Waals surface area contributed by atoms with Crippen molar-refractivity contribution in [3.05, 3.63) is 56.8 Å². The van der Waals surface area contributed by atoms with Crippen LogP contribution in [0, 0.1) is 6.92 Å². The summed E-state index contributed by atoms with van der Waals surface area (Å²) in [5, 5.41) is 0. The van der Waals surface area contributed by atoms with Crippen LogP contribution >= 0.6 is 7.82 Å². The van der Waals surface area contributed by atoms with Gasteiger partial charge in [-0.1, -0.05) is 6.08 Å². The van der Waals surface area contributed by atoms with Crippen LogP contribution in [0.1, 0.15) is 18.2 Å². The molecule has 1 aromatic heterocycles. The van der Waals surface area contributed by atoms with Gasteiger partial charge in [0.1, 0.15) is 12.4 Å². The Hall–Kier alpha value is -2.17. The monoisotopic (exact) mass is 390 g/mol. The normalized spacial score (nSPS) is 17.3. The Labute approximate surface area is 147 Å². The van der Waals surface area contributed by atoms with Crippen LogP contribution in [-0.4, -0.2) is 39.3 Å². The Balaban J connectivity index is 2.18. The number of nitrogens with one attached hydrogen (secondary N) is 1. The molecule has 0 aliphatic carbocycles. The molecule has 2 heterocycles. The maximum Gasteiger partial charge on any atom is 0.470 e. The van der Waals surface area contributed by atoms with E-state index in [-0.39, 0.29) is 31.3 Å². The van der Waals surface area contributed by atoms with E-state index >= 15 is 0 Å². The van der Waals surface area contributed by atoms with Gasteiger partial charge in [-0.2, -0.15) is 0 Å². The lowest BCUT2D eigenvalue weighted by molar-refractivity contribution is -0.0145. The SMILES string of the molecule is C=CCOCOC1=C(COP(=O)(O)O)O[C@@H](n2cc(C)c(=O)[nH]c2=O)C1. The second-order valence-electron chi connectivity index (χ2n) is 5.29. The number of aromatic nitrogens is 2. The smallest absolute Gasteiger partial charge is 0.468 e. The Morgan fingerprint density at radius 2 is 2.23 bits per heavy atom.